The Morgan fingerprint density at radius 1 is 1.24 bits per heavy atom. The van der Waals surface area contributed by atoms with Gasteiger partial charge in [-0.05, 0) is 37.3 Å². The first-order valence-electron chi connectivity index (χ1n) is 10.1. The highest BCUT2D eigenvalue weighted by molar-refractivity contribution is 5.91. The van der Waals surface area contributed by atoms with Crippen LogP contribution < -0.4 is 15.8 Å². The van der Waals surface area contributed by atoms with Crippen LogP contribution in [0.15, 0.2) is 61.2 Å². The van der Waals surface area contributed by atoms with Gasteiger partial charge in [0.1, 0.15) is 11.9 Å². The van der Waals surface area contributed by atoms with E-state index in [-0.39, 0.29) is 23.9 Å². The van der Waals surface area contributed by atoms with Gasteiger partial charge in [-0.15, -0.1) is 0 Å². The van der Waals surface area contributed by atoms with E-state index in [4.69, 9.17) is 4.74 Å². The van der Waals surface area contributed by atoms with Crippen molar-refractivity contribution in [3.8, 4) is 11.1 Å². The van der Waals surface area contributed by atoms with E-state index in [0.717, 1.165) is 11.1 Å². The quantitative estimate of drug-likeness (QED) is 0.402. The molecule has 1 unspecified atom stereocenters. The van der Waals surface area contributed by atoms with Crippen molar-refractivity contribution >= 4 is 23.4 Å². The molecular formula is C22H18F4N6O2. The standard InChI is InChI=1S/C22H18F4N6O2/c1-2-34-20(33)14-8-13(10-27-11-14)17-12-28-21(29-16-5-3-4-15(23)9-16)30-19(17)32-7-6-18(31-32)22(24,25)26/h3-12,18,31H,2H2,1H3,(H,28,29,30). The zero-order valence-corrected chi connectivity index (χ0v) is 17.7. The van der Waals surface area contributed by atoms with Gasteiger partial charge in [-0.2, -0.15) is 18.2 Å². The fourth-order valence-electron chi connectivity index (χ4n) is 3.15. The van der Waals surface area contributed by atoms with E-state index in [2.05, 4.69) is 25.7 Å². The second-order valence-corrected chi connectivity index (χ2v) is 7.11. The number of aromatic nitrogens is 3. The number of hydrogen-bond acceptors (Lipinski definition) is 8. The maximum absolute atomic E-state index is 13.5. The first kappa shape index (κ1) is 23.1. The minimum atomic E-state index is -4.52. The fraction of sp³-hybridized carbons (Fsp3) is 0.182. The third-order valence-corrected chi connectivity index (χ3v) is 4.70. The molecule has 2 aromatic heterocycles. The molecule has 4 rings (SSSR count). The van der Waals surface area contributed by atoms with Gasteiger partial charge in [0.2, 0.25) is 5.95 Å². The first-order valence-corrected chi connectivity index (χ1v) is 10.1. The Morgan fingerprint density at radius 2 is 2.06 bits per heavy atom. The smallest absolute Gasteiger partial charge is 0.409 e. The molecule has 0 radical (unpaired) electrons. The fourth-order valence-corrected chi connectivity index (χ4v) is 3.15. The van der Waals surface area contributed by atoms with E-state index in [1.54, 1.807) is 13.0 Å². The topological polar surface area (TPSA) is 92.3 Å². The van der Waals surface area contributed by atoms with Gasteiger partial charge in [0, 0.05) is 41.6 Å². The minimum Gasteiger partial charge on any atom is -0.462 e. The Kier molecular flexibility index (Phi) is 6.41. The van der Waals surface area contributed by atoms with Crippen molar-refractivity contribution in [2.75, 3.05) is 16.9 Å². The molecule has 8 nitrogen and oxygen atoms in total. The lowest BCUT2D eigenvalue weighted by atomic mass is 10.1. The third-order valence-electron chi connectivity index (χ3n) is 4.70. The van der Waals surface area contributed by atoms with Crippen molar-refractivity contribution in [1.82, 2.24) is 20.4 Å². The van der Waals surface area contributed by atoms with Crippen molar-refractivity contribution in [2.24, 2.45) is 0 Å². The van der Waals surface area contributed by atoms with Gasteiger partial charge >= 0.3 is 12.1 Å². The van der Waals surface area contributed by atoms with E-state index in [9.17, 15) is 22.4 Å². The molecule has 176 valence electrons. The SMILES string of the molecule is CCOC(=O)c1cncc(-c2cnc(Nc3cccc(F)c3)nc2N2C=CC(C(F)(F)F)N2)c1. The summed E-state index contributed by atoms with van der Waals surface area (Å²) < 4.78 is 58.1. The van der Waals surface area contributed by atoms with Crippen LogP contribution in [0.3, 0.4) is 0 Å². The molecular weight excluding hydrogens is 456 g/mol. The summed E-state index contributed by atoms with van der Waals surface area (Å²) in [6, 6.07) is 5.11. The predicted octanol–water partition coefficient (Wildman–Crippen LogP) is 4.37. The largest absolute Gasteiger partial charge is 0.462 e. The Balaban J connectivity index is 1.73. The maximum atomic E-state index is 13.5. The number of nitrogens with zero attached hydrogens (tertiary/aromatic N) is 4. The van der Waals surface area contributed by atoms with Crippen molar-refractivity contribution in [3.63, 3.8) is 0 Å². The summed E-state index contributed by atoms with van der Waals surface area (Å²) in [6.45, 7) is 1.83. The molecule has 34 heavy (non-hydrogen) atoms. The first-order chi connectivity index (χ1) is 16.2. The molecule has 0 fully saturated rings. The van der Waals surface area contributed by atoms with Crippen LogP contribution in [0.4, 0.5) is 35.0 Å². The zero-order valence-electron chi connectivity index (χ0n) is 17.7. The lowest BCUT2D eigenvalue weighted by molar-refractivity contribution is -0.142. The number of ether oxygens (including phenoxy) is 1. The van der Waals surface area contributed by atoms with Gasteiger partial charge in [0.05, 0.1) is 12.2 Å². The molecule has 0 spiro atoms. The number of nitrogens with one attached hydrogen (secondary N) is 2. The summed E-state index contributed by atoms with van der Waals surface area (Å²) in [5.74, 6) is -1.01. The van der Waals surface area contributed by atoms with Gasteiger partial charge in [0.25, 0.3) is 0 Å². The Bertz CT molecular complexity index is 1230. The van der Waals surface area contributed by atoms with Gasteiger partial charge in [-0.25, -0.2) is 19.6 Å². The van der Waals surface area contributed by atoms with Gasteiger partial charge in [-0.3, -0.25) is 9.99 Å². The summed E-state index contributed by atoms with van der Waals surface area (Å²) in [5.41, 5.74) is 3.50. The summed E-state index contributed by atoms with van der Waals surface area (Å²) in [6.07, 6.45) is 1.72. The lowest BCUT2D eigenvalue weighted by Crippen LogP contribution is -2.44. The molecule has 2 N–H and O–H groups in total. The number of carbonyl (C=O) groups excluding carboxylic acids is 1. The van der Waals surface area contributed by atoms with Crippen molar-refractivity contribution in [3.05, 3.63) is 72.6 Å². The maximum Gasteiger partial charge on any atom is 0.409 e. The van der Waals surface area contributed by atoms with E-state index in [0.29, 0.717) is 16.8 Å². The van der Waals surface area contributed by atoms with E-state index in [1.807, 2.05) is 0 Å². The normalized spacial score (nSPS) is 15.4. The monoisotopic (exact) mass is 474 g/mol. The van der Waals surface area contributed by atoms with Crippen LogP contribution >= 0.6 is 0 Å². The van der Waals surface area contributed by atoms with Gasteiger partial charge in [0.15, 0.2) is 5.82 Å². The van der Waals surface area contributed by atoms with Crippen LogP contribution in [0.1, 0.15) is 17.3 Å². The van der Waals surface area contributed by atoms with Gasteiger partial charge in [-0.1, -0.05) is 6.07 Å². The molecule has 12 heteroatoms. The zero-order chi connectivity index (χ0) is 24.3. The molecule has 0 saturated heterocycles. The highest BCUT2D eigenvalue weighted by Gasteiger charge is 2.41. The average molecular weight is 474 g/mol. The van der Waals surface area contributed by atoms with Crippen LogP contribution in [-0.4, -0.2) is 39.7 Å². The lowest BCUT2D eigenvalue weighted by Gasteiger charge is -2.23. The summed E-state index contributed by atoms with van der Waals surface area (Å²) in [7, 11) is 0. The number of alkyl halides is 3. The summed E-state index contributed by atoms with van der Waals surface area (Å²) in [5, 5.41) is 3.92. The minimum absolute atomic E-state index is 0.0181. The number of halogens is 4. The second kappa shape index (κ2) is 9.43. The van der Waals surface area contributed by atoms with Crippen LogP contribution in [0.5, 0.6) is 0 Å². The highest BCUT2D eigenvalue weighted by Crippen LogP contribution is 2.33. The molecule has 1 atom stereocenters. The second-order valence-electron chi connectivity index (χ2n) is 7.11. The van der Waals surface area contributed by atoms with E-state index in [1.165, 1.54) is 49.1 Å². The van der Waals surface area contributed by atoms with Gasteiger partial charge < -0.3 is 10.1 Å². The van der Waals surface area contributed by atoms with E-state index < -0.39 is 24.0 Å². The van der Waals surface area contributed by atoms with Crippen LogP contribution in [0, 0.1) is 5.82 Å². The molecule has 1 aliphatic rings. The van der Waals surface area contributed by atoms with Crippen molar-refractivity contribution in [1.29, 1.82) is 0 Å². The molecule has 0 bridgehead atoms. The Morgan fingerprint density at radius 3 is 2.76 bits per heavy atom. The number of carbonyl (C=O) groups is 1. The Labute approximate surface area is 191 Å². The molecule has 1 aliphatic heterocycles. The van der Waals surface area contributed by atoms with Crippen molar-refractivity contribution in [2.45, 2.75) is 19.1 Å². The number of benzene rings is 1. The average Bonchev–Trinajstić information content (AvgIpc) is 3.30. The Hall–Kier alpha value is -4.06. The predicted molar refractivity (Wildman–Crippen MR) is 115 cm³/mol. The summed E-state index contributed by atoms with van der Waals surface area (Å²) >= 11 is 0. The number of pyridine rings is 1. The molecule has 3 aromatic rings. The number of esters is 1. The van der Waals surface area contributed by atoms with Crippen LogP contribution in [0.2, 0.25) is 0 Å². The summed E-state index contributed by atoms with van der Waals surface area (Å²) in [4.78, 5) is 24.7. The molecule has 0 aliphatic carbocycles. The number of hydrogen-bond donors (Lipinski definition) is 2. The number of anilines is 3. The number of rotatable bonds is 6. The van der Waals surface area contributed by atoms with E-state index >= 15 is 0 Å². The van der Waals surface area contributed by atoms with Crippen LogP contribution in [0.25, 0.3) is 11.1 Å². The number of hydrazine groups is 1. The third kappa shape index (κ3) is 5.12. The molecule has 1 aromatic carbocycles. The highest BCUT2D eigenvalue weighted by atomic mass is 19.4. The molecule has 3 heterocycles. The molecule has 0 saturated carbocycles. The molecule has 0 amide bonds. The van der Waals surface area contributed by atoms with Crippen LogP contribution in [-0.2, 0) is 4.74 Å². The van der Waals surface area contributed by atoms with Crippen molar-refractivity contribution < 1.29 is 27.1 Å².